The number of carbonyl (C=O) groups is 1. The molecule has 0 spiro atoms. The Balaban J connectivity index is 1.85. The number of unbranched alkanes of at least 4 members (excludes halogenated alkanes) is 5. The van der Waals surface area contributed by atoms with Crippen LogP contribution in [0.5, 0.6) is 11.5 Å². The number of fused-ring (bicyclic) bond motifs is 1. The van der Waals surface area contributed by atoms with E-state index in [1.807, 2.05) is 47.9 Å². The Morgan fingerprint density at radius 1 is 1.00 bits per heavy atom. The molecule has 0 aliphatic carbocycles. The number of ether oxygens (including phenoxy) is 2. The summed E-state index contributed by atoms with van der Waals surface area (Å²) in [5, 5.41) is 3.11. The first-order valence-electron chi connectivity index (χ1n) is 11.1. The van der Waals surface area contributed by atoms with E-state index in [9.17, 15) is 4.79 Å². The highest BCUT2D eigenvalue weighted by Gasteiger charge is 2.18. The van der Waals surface area contributed by atoms with Gasteiger partial charge in [-0.05, 0) is 49.2 Å². The highest BCUT2D eigenvalue weighted by atomic mass is 16.5. The van der Waals surface area contributed by atoms with Gasteiger partial charge in [0.25, 0.3) is 0 Å². The van der Waals surface area contributed by atoms with Crippen molar-refractivity contribution in [2.45, 2.75) is 58.8 Å². The zero-order valence-corrected chi connectivity index (χ0v) is 19.0. The van der Waals surface area contributed by atoms with Crippen molar-refractivity contribution in [2.75, 3.05) is 19.5 Å². The van der Waals surface area contributed by atoms with Crippen LogP contribution in [0.4, 0.5) is 5.82 Å². The molecule has 0 fully saturated rings. The number of aryl methyl sites for hydroxylation is 1. The highest BCUT2D eigenvalue weighted by molar-refractivity contribution is 5.94. The van der Waals surface area contributed by atoms with Crippen molar-refractivity contribution in [1.82, 2.24) is 9.38 Å². The number of anilines is 1. The summed E-state index contributed by atoms with van der Waals surface area (Å²) < 4.78 is 12.7. The maximum Gasteiger partial charge on any atom is 0.225 e. The quantitative estimate of drug-likeness (QED) is 0.383. The van der Waals surface area contributed by atoms with Crippen LogP contribution in [0.25, 0.3) is 16.9 Å². The van der Waals surface area contributed by atoms with Gasteiger partial charge in [0.2, 0.25) is 5.91 Å². The van der Waals surface area contributed by atoms with Crippen molar-refractivity contribution in [1.29, 1.82) is 0 Å². The Morgan fingerprint density at radius 2 is 1.74 bits per heavy atom. The number of hydrogen-bond donors (Lipinski definition) is 1. The summed E-state index contributed by atoms with van der Waals surface area (Å²) in [6.07, 6.45) is 9.37. The molecule has 0 bridgehead atoms. The average Bonchev–Trinajstić information content (AvgIpc) is 3.12. The van der Waals surface area contributed by atoms with Crippen molar-refractivity contribution in [3.05, 3.63) is 42.1 Å². The lowest BCUT2D eigenvalue weighted by Crippen LogP contribution is -2.13. The van der Waals surface area contributed by atoms with Crippen LogP contribution in [-0.2, 0) is 4.79 Å². The standard InChI is InChI=1S/C25H33N3O3/c1-5-6-7-8-9-10-11-23(29)27-25-24(26-22-16-18(2)14-15-28(22)25)19-12-13-20(30-3)21(17-19)31-4/h12-17H,5-11H2,1-4H3,(H,27,29). The smallest absolute Gasteiger partial charge is 0.225 e. The summed E-state index contributed by atoms with van der Waals surface area (Å²) in [6.45, 7) is 4.24. The minimum absolute atomic E-state index is 0.0135. The van der Waals surface area contributed by atoms with Gasteiger partial charge in [0.1, 0.15) is 17.2 Å². The molecule has 6 nitrogen and oxygen atoms in total. The van der Waals surface area contributed by atoms with Gasteiger partial charge in [-0.2, -0.15) is 0 Å². The molecule has 31 heavy (non-hydrogen) atoms. The van der Waals surface area contributed by atoms with E-state index in [1.54, 1.807) is 14.2 Å². The molecule has 6 heteroatoms. The summed E-state index contributed by atoms with van der Waals surface area (Å²) in [5.74, 6) is 1.97. The summed E-state index contributed by atoms with van der Waals surface area (Å²) in [4.78, 5) is 17.5. The van der Waals surface area contributed by atoms with Gasteiger partial charge in [-0.3, -0.25) is 9.20 Å². The van der Waals surface area contributed by atoms with Crippen LogP contribution in [0, 0.1) is 6.92 Å². The molecule has 3 rings (SSSR count). The third kappa shape index (κ3) is 5.57. The van der Waals surface area contributed by atoms with E-state index in [0.717, 1.165) is 29.6 Å². The molecule has 2 heterocycles. The Bertz CT molecular complexity index is 1030. The lowest BCUT2D eigenvalue weighted by atomic mass is 10.1. The monoisotopic (exact) mass is 423 g/mol. The molecule has 3 aromatic rings. The van der Waals surface area contributed by atoms with Gasteiger partial charge in [0, 0.05) is 18.2 Å². The van der Waals surface area contributed by atoms with Crippen molar-refractivity contribution < 1.29 is 14.3 Å². The Hall–Kier alpha value is -3.02. The molecule has 0 aliphatic heterocycles. The third-order valence-electron chi connectivity index (χ3n) is 5.45. The van der Waals surface area contributed by atoms with Gasteiger partial charge in [-0.15, -0.1) is 0 Å². The first-order valence-corrected chi connectivity index (χ1v) is 11.1. The summed E-state index contributed by atoms with van der Waals surface area (Å²) in [7, 11) is 3.22. The average molecular weight is 424 g/mol. The SMILES string of the molecule is CCCCCCCCC(=O)Nc1c(-c2ccc(OC)c(OC)c2)nc2cc(C)ccn12. The molecule has 0 saturated carbocycles. The van der Waals surface area contributed by atoms with Crippen molar-refractivity contribution in [3.8, 4) is 22.8 Å². The molecular weight excluding hydrogens is 390 g/mol. The van der Waals surface area contributed by atoms with Gasteiger partial charge in [0.15, 0.2) is 11.5 Å². The number of hydrogen-bond acceptors (Lipinski definition) is 4. The Morgan fingerprint density at radius 3 is 2.48 bits per heavy atom. The Labute approximate surface area is 184 Å². The van der Waals surface area contributed by atoms with Crippen molar-refractivity contribution >= 4 is 17.4 Å². The number of nitrogens with one attached hydrogen (secondary N) is 1. The number of nitrogens with zero attached hydrogens (tertiary/aromatic N) is 2. The number of carbonyl (C=O) groups excluding carboxylic acids is 1. The second-order valence-electron chi connectivity index (χ2n) is 7.88. The lowest BCUT2D eigenvalue weighted by Gasteiger charge is -2.11. The first-order chi connectivity index (χ1) is 15.1. The number of pyridine rings is 1. The lowest BCUT2D eigenvalue weighted by molar-refractivity contribution is -0.116. The zero-order valence-electron chi connectivity index (χ0n) is 19.0. The molecular formula is C25H33N3O3. The zero-order chi connectivity index (χ0) is 22.2. The summed E-state index contributed by atoms with van der Waals surface area (Å²) >= 11 is 0. The van der Waals surface area contributed by atoms with E-state index in [1.165, 1.54) is 25.7 Å². The van der Waals surface area contributed by atoms with Crippen molar-refractivity contribution in [3.63, 3.8) is 0 Å². The Kier molecular flexibility index (Phi) is 7.93. The third-order valence-corrected chi connectivity index (χ3v) is 5.45. The maximum absolute atomic E-state index is 12.7. The normalized spacial score (nSPS) is 11.0. The molecule has 0 unspecified atom stereocenters. The van der Waals surface area contributed by atoms with E-state index >= 15 is 0 Å². The summed E-state index contributed by atoms with van der Waals surface area (Å²) in [6, 6.07) is 9.69. The number of aromatic nitrogens is 2. The maximum atomic E-state index is 12.7. The summed E-state index contributed by atoms with van der Waals surface area (Å²) in [5.41, 5.74) is 3.47. The molecule has 2 aromatic heterocycles. The van der Waals surface area contributed by atoms with Crippen LogP contribution in [0.2, 0.25) is 0 Å². The van der Waals surface area contributed by atoms with Gasteiger partial charge >= 0.3 is 0 Å². The van der Waals surface area contributed by atoms with Crippen molar-refractivity contribution in [2.24, 2.45) is 0 Å². The van der Waals surface area contributed by atoms with Crippen LogP contribution < -0.4 is 14.8 Å². The minimum Gasteiger partial charge on any atom is -0.493 e. The predicted octanol–water partition coefficient (Wildman–Crippen LogP) is 6.02. The van der Waals surface area contributed by atoms with Crippen LogP contribution in [0.1, 0.15) is 57.4 Å². The van der Waals surface area contributed by atoms with Crippen LogP contribution in [-0.4, -0.2) is 29.5 Å². The number of methoxy groups -OCH3 is 2. The fraction of sp³-hybridized carbons (Fsp3) is 0.440. The molecule has 0 saturated heterocycles. The molecule has 1 amide bonds. The number of benzene rings is 1. The molecule has 0 aliphatic rings. The molecule has 0 radical (unpaired) electrons. The fourth-order valence-corrected chi connectivity index (χ4v) is 3.71. The predicted molar refractivity (Wildman–Crippen MR) is 125 cm³/mol. The van der Waals surface area contributed by atoms with E-state index in [0.29, 0.717) is 29.4 Å². The van der Waals surface area contributed by atoms with E-state index < -0.39 is 0 Å². The van der Waals surface area contributed by atoms with Gasteiger partial charge in [0.05, 0.1) is 14.2 Å². The van der Waals surface area contributed by atoms with E-state index in [2.05, 4.69) is 12.2 Å². The van der Waals surface area contributed by atoms with E-state index in [4.69, 9.17) is 14.5 Å². The second-order valence-corrected chi connectivity index (χ2v) is 7.88. The molecule has 166 valence electrons. The number of amides is 1. The number of imidazole rings is 1. The molecule has 0 atom stereocenters. The van der Waals surface area contributed by atoms with Gasteiger partial charge in [-0.25, -0.2) is 4.98 Å². The number of rotatable bonds is 11. The topological polar surface area (TPSA) is 64.9 Å². The van der Waals surface area contributed by atoms with Gasteiger partial charge < -0.3 is 14.8 Å². The minimum atomic E-state index is 0.0135. The fourth-order valence-electron chi connectivity index (χ4n) is 3.71. The van der Waals surface area contributed by atoms with Crippen LogP contribution >= 0.6 is 0 Å². The second kappa shape index (κ2) is 10.8. The van der Waals surface area contributed by atoms with Gasteiger partial charge in [-0.1, -0.05) is 39.0 Å². The first kappa shape index (κ1) is 22.7. The van der Waals surface area contributed by atoms with Crippen LogP contribution in [0.3, 0.4) is 0 Å². The molecule has 1 aromatic carbocycles. The highest BCUT2D eigenvalue weighted by Crippen LogP contribution is 2.35. The van der Waals surface area contributed by atoms with Crippen LogP contribution in [0.15, 0.2) is 36.5 Å². The largest absolute Gasteiger partial charge is 0.493 e. The van der Waals surface area contributed by atoms with E-state index in [-0.39, 0.29) is 5.91 Å². The molecule has 1 N–H and O–H groups in total.